The predicted molar refractivity (Wildman–Crippen MR) is 189 cm³/mol. The molecule has 7 heteroatoms. The molecule has 5 nitrogen and oxygen atoms in total. The molecule has 7 rings (SSSR count). The first-order valence-electron chi connectivity index (χ1n) is 15.7. The molecule has 1 radical (unpaired) electrons. The van der Waals surface area contributed by atoms with E-state index in [1.807, 2.05) is 62.5 Å². The number of nitrogens with zero attached hydrogens (tertiary/aromatic N) is 4. The maximum absolute atomic E-state index is 6.07. The monoisotopic (exact) mass is 847 g/mol. The van der Waals surface area contributed by atoms with Crippen molar-refractivity contribution in [3.63, 3.8) is 0 Å². The van der Waals surface area contributed by atoms with Gasteiger partial charge < -0.3 is 8.98 Å². The van der Waals surface area contributed by atoms with Gasteiger partial charge in [0.15, 0.2) is 0 Å². The van der Waals surface area contributed by atoms with Crippen molar-refractivity contribution in [1.82, 2.24) is 19.5 Å². The van der Waals surface area contributed by atoms with Crippen molar-refractivity contribution in [2.75, 3.05) is 0 Å². The molecule has 1 unspecified atom stereocenters. The summed E-state index contributed by atoms with van der Waals surface area (Å²) >= 11 is -1.87. The van der Waals surface area contributed by atoms with Crippen LogP contribution in [0, 0.1) is 25.0 Å². The molecular formula is C39H40GeIrN4O-2. The van der Waals surface area contributed by atoms with Crippen LogP contribution in [-0.4, -0.2) is 32.8 Å². The molecule has 0 saturated heterocycles. The van der Waals surface area contributed by atoms with Crippen molar-refractivity contribution in [3.05, 3.63) is 108 Å². The molecule has 0 aliphatic carbocycles. The van der Waals surface area contributed by atoms with Crippen molar-refractivity contribution < 1.29 is 24.5 Å². The standard InChI is InChI=1S/C20H14N3O.C19H26GeN.Ir/c1-12-10-11-14-13-6-5-7-15(18(13)24-20(14)21-12)19-22-16-8-3-4-9-17(16)23(19)2;1-6-15(2)12-17-13-19(16-10-8-7-9-11-16)21-14-18(17)20(3,4)5;/h3-6,8-11H,1-2H3;7-10,13-15H,6,12H2,1-5H3;/q2*-1;. The SMILES string of the molecule is CCC(C)Cc1cc(-c2[c-]cccc2)nc[c]1[Ge]([CH3])([CH3])[CH3].Cc1ccc2c(n1)oc1c(-c3nc4ccccc4n3C)[c-]ccc12.[Ir]. The van der Waals surface area contributed by atoms with Crippen molar-refractivity contribution in [3.8, 4) is 22.6 Å². The zero-order valence-electron chi connectivity index (χ0n) is 27.6. The Morgan fingerprint density at radius 2 is 1.70 bits per heavy atom. The molecule has 46 heavy (non-hydrogen) atoms. The van der Waals surface area contributed by atoms with E-state index in [0.717, 1.165) is 68.1 Å². The second-order valence-electron chi connectivity index (χ2n) is 13.0. The summed E-state index contributed by atoms with van der Waals surface area (Å²) in [5.74, 6) is 8.92. The van der Waals surface area contributed by atoms with Gasteiger partial charge in [-0.3, -0.25) is 4.98 Å². The van der Waals surface area contributed by atoms with Gasteiger partial charge in [-0.2, -0.15) is 0 Å². The van der Waals surface area contributed by atoms with E-state index in [1.165, 1.54) is 12.0 Å². The molecule has 0 bridgehead atoms. The molecule has 237 valence electrons. The minimum Gasteiger partial charge on any atom is -0.486 e. The van der Waals surface area contributed by atoms with Gasteiger partial charge in [-0.1, -0.05) is 23.1 Å². The number of furan rings is 1. The quantitative estimate of drug-likeness (QED) is 0.124. The summed E-state index contributed by atoms with van der Waals surface area (Å²) in [6.45, 7) is 6.58. The van der Waals surface area contributed by atoms with Gasteiger partial charge in [0.1, 0.15) is 0 Å². The van der Waals surface area contributed by atoms with Gasteiger partial charge in [0.2, 0.25) is 5.71 Å². The third-order valence-electron chi connectivity index (χ3n) is 8.50. The molecule has 1 atom stereocenters. The topological polar surface area (TPSA) is 56.7 Å². The first kappa shape index (κ1) is 33.8. The Morgan fingerprint density at radius 1 is 0.913 bits per heavy atom. The fourth-order valence-corrected chi connectivity index (χ4v) is 9.15. The Kier molecular flexibility index (Phi) is 10.3. The van der Waals surface area contributed by atoms with Gasteiger partial charge in [-0.15, -0.1) is 18.2 Å². The summed E-state index contributed by atoms with van der Waals surface area (Å²) in [5.41, 5.74) is 8.96. The number of imidazole rings is 1. The summed E-state index contributed by atoms with van der Waals surface area (Å²) in [4.78, 5) is 14.0. The van der Waals surface area contributed by atoms with E-state index in [2.05, 4.69) is 89.3 Å². The van der Waals surface area contributed by atoms with Gasteiger partial charge in [-0.05, 0) is 31.2 Å². The van der Waals surface area contributed by atoms with Crippen LogP contribution in [0.1, 0.15) is 31.5 Å². The van der Waals surface area contributed by atoms with Crippen molar-refractivity contribution >= 4 is 50.8 Å². The van der Waals surface area contributed by atoms with Gasteiger partial charge in [-0.25, -0.2) is 4.98 Å². The Morgan fingerprint density at radius 3 is 2.41 bits per heavy atom. The maximum Gasteiger partial charge on any atom is 0.216 e. The van der Waals surface area contributed by atoms with E-state index in [4.69, 9.17) is 14.4 Å². The summed E-state index contributed by atoms with van der Waals surface area (Å²) in [7, 11) is 2.02. The summed E-state index contributed by atoms with van der Waals surface area (Å²) in [5, 5.41) is 2.06. The minimum absolute atomic E-state index is 0. The number of hydrogen-bond acceptors (Lipinski definition) is 4. The number of hydrogen-bond donors (Lipinski definition) is 0. The normalized spacial score (nSPS) is 12.2. The first-order chi connectivity index (χ1) is 21.6. The average Bonchev–Trinajstić information content (AvgIpc) is 3.58. The fraction of sp³-hybridized carbons (Fsp3) is 0.256. The van der Waals surface area contributed by atoms with Gasteiger partial charge >= 0.3 is 132 Å². The van der Waals surface area contributed by atoms with Crippen LogP contribution in [0.4, 0.5) is 0 Å². The molecule has 0 saturated carbocycles. The van der Waals surface area contributed by atoms with Crippen molar-refractivity contribution in [2.24, 2.45) is 13.0 Å². The van der Waals surface area contributed by atoms with Gasteiger partial charge in [0.25, 0.3) is 0 Å². The van der Waals surface area contributed by atoms with Crippen LogP contribution >= 0.6 is 0 Å². The number of rotatable bonds is 6. The third kappa shape index (κ3) is 6.90. The minimum atomic E-state index is -1.87. The van der Waals surface area contributed by atoms with Crippen LogP contribution in [0.3, 0.4) is 0 Å². The van der Waals surface area contributed by atoms with Crippen LogP contribution < -0.4 is 4.40 Å². The molecule has 0 aliphatic heterocycles. The molecular weight excluding hydrogens is 805 g/mol. The van der Waals surface area contributed by atoms with Crippen LogP contribution in [0.15, 0.2) is 89.5 Å². The summed E-state index contributed by atoms with van der Waals surface area (Å²) < 4.78 is 9.70. The molecule has 0 N–H and O–H groups in total. The second-order valence-corrected chi connectivity index (χ2v) is 23.5. The Balaban J connectivity index is 0.000000179. The second kappa shape index (κ2) is 14.0. The van der Waals surface area contributed by atoms with Gasteiger partial charge in [0.05, 0.1) is 22.4 Å². The van der Waals surface area contributed by atoms with Crippen LogP contribution in [0.2, 0.25) is 17.3 Å². The summed E-state index contributed by atoms with van der Waals surface area (Å²) in [6.07, 6.45) is 4.54. The first-order valence-corrected chi connectivity index (χ1v) is 23.1. The van der Waals surface area contributed by atoms with Gasteiger partial charge in [0, 0.05) is 38.2 Å². The van der Waals surface area contributed by atoms with Crippen LogP contribution in [0.5, 0.6) is 0 Å². The number of para-hydroxylation sites is 2. The van der Waals surface area contributed by atoms with E-state index in [-0.39, 0.29) is 20.1 Å². The van der Waals surface area contributed by atoms with E-state index in [0.29, 0.717) is 5.71 Å². The molecule has 4 aromatic heterocycles. The Labute approximate surface area is 288 Å². The Bertz CT molecular complexity index is 2110. The molecule has 4 heterocycles. The molecule has 0 spiro atoms. The molecule has 7 aromatic rings. The molecule has 0 aliphatic rings. The largest absolute Gasteiger partial charge is 0.486 e. The van der Waals surface area contributed by atoms with E-state index >= 15 is 0 Å². The van der Waals surface area contributed by atoms with Crippen LogP contribution in [-0.2, 0) is 33.6 Å². The fourth-order valence-electron chi connectivity index (χ4n) is 5.81. The maximum atomic E-state index is 6.07. The van der Waals surface area contributed by atoms with E-state index in [9.17, 15) is 0 Å². The third-order valence-corrected chi connectivity index (χ3v) is 12.8. The molecule has 3 aromatic carbocycles. The predicted octanol–water partition coefficient (Wildman–Crippen LogP) is 9.32. The number of pyridine rings is 2. The summed E-state index contributed by atoms with van der Waals surface area (Å²) in [6, 6.07) is 33.1. The Hall–Kier alpha value is -3.58. The van der Waals surface area contributed by atoms with E-state index < -0.39 is 13.3 Å². The van der Waals surface area contributed by atoms with E-state index in [1.54, 1.807) is 4.40 Å². The number of fused-ring (bicyclic) bond motifs is 4. The smallest absolute Gasteiger partial charge is 0.216 e. The number of benzene rings is 3. The zero-order valence-corrected chi connectivity index (χ0v) is 32.1. The molecule has 0 amide bonds. The number of aryl methyl sites for hydroxylation is 2. The van der Waals surface area contributed by atoms with Crippen molar-refractivity contribution in [2.45, 2.75) is 50.9 Å². The molecule has 0 fully saturated rings. The number of aromatic nitrogens is 4. The van der Waals surface area contributed by atoms with Crippen LogP contribution in [0.25, 0.3) is 55.7 Å². The average molecular weight is 846 g/mol. The zero-order chi connectivity index (χ0) is 31.7. The van der Waals surface area contributed by atoms with Crippen molar-refractivity contribution in [1.29, 1.82) is 0 Å².